The number of esters is 3. The fraction of sp³-hybridized carbons (Fsp3) is 0.789. The van der Waals surface area contributed by atoms with E-state index in [-0.39, 0.29) is 37.5 Å². The zero-order valence-corrected chi connectivity index (χ0v) is 51.2. The lowest BCUT2D eigenvalue weighted by Crippen LogP contribution is -2.30. The molecule has 0 radical (unpaired) electrons. The van der Waals surface area contributed by atoms with Crippen LogP contribution in [0.15, 0.2) is 72.9 Å². The molecule has 0 aromatic carbocycles. The Hall–Kier alpha value is -3.15. The van der Waals surface area contributed by atoms with Gasteiger partial charge in [-0.15, -0.1) is 0 Å². The molecule has 1 unspecified atom stereocenters. The molecule has 0 spiro atoms. The van der Waals surface area contributed by atoms with E-state index in [1.54, 1.807) is 0 Å². The highest BCUT2D eigenvalue weighted by atomic mass is 16.6. The predicted octanol–water partition coefficient (Wildman–Crippen LogP) is 22.9. The maximum absolute atomic E-state index is 12.9. The van der Waals surface area contributed by atoms with E-state index in [9.17, 15) is 14.4 Å². The van der Waals surface area contributed by atoms with Crippen molar-refractivity contribution in [1.29, 1.82) is 0 Å². The van der Waals surface area contributed by atoms with Gasteiger partial charge in [0.05, 0.1) is 0 Å². The Kier molecular flexibility index (Phi) is 62.7. The van der Waals surface area contributed by atoms with Crippen LogP contribution in [0.3, 0.4) is 0 Å². The molecule has 0 saturated carbocycles. The normalized spacial score (nSPS) is 12.5. The van der Waals surface area contributed by atoms with Gasteiger partial charge in [0.1, 0.15) is 13.2 Å². The van der Waals surface area contributed by atoms with Gasteiger partial charge in [0.15, 0.2) is 6.10 Å². The molecular weight excluding hydrogens is 949 g/mol. The highest BCUT2D eigenvalue weighted by Crippen LogP contribution is 2.18. The third-order valence-electron chi connectivity index (χ3n) is 14.7. The summed E-state index contributed by atoms with van der Waals surface area (Å²) in [6, 6.07) is 0. The smallest absolute Gasteiger partial charge is 0.306 e. The predicted molar refractivity (Wildman–Crippen MR) is 335 cm³/mol. The molecule has 0 saturated heterocycles. The lowest BCUT2D eigenvalue weighted by Gasteiger charge is -2.18. The van der Waals surface area contributed by atoms with Crippen molar-refractivity contribution in [2.24, 2.45) is 0 Å². The fourth-order valence-electron chi connectivity index (χ4n) is 9.74. The van der Waals surface area contributed by atoms with E-state index in [1.807, 2.05) is 0 Å². The quantitative estimate of drug-likeness (QED) is 0.0261. The van der Waals surface area contributed by atoms with E-state index in [4.69, 9.17) is 14.2 Å². The van der Waals surface area contributed by atoms with E-state index in [2.05, 4.69) is 93.7 Å². The number of carbonyl (C=O) groups is 3. The zero-order valence-electron chi connectivity index (χ0n) is 51.2. The van der Waals surface area contributed by atoms with Crippen molar-refractivity contribution < 1.29 is 28.6 Å². The molecule has 446 valence electrons. The number of allylic oxidation sites excluding steroid dienone is 12. The van der Waals surface area contributed by atoms with E-state index < -0.39 is 6.10 Å². The van der Waals surface area contributed by atoms with Gasteiger partial charge in [-0.25, -0.2) is 0 Å². The van der Waals surface area contributed by atoms with Crippen molar-refractivity contribution >= 4 is 17.9 Å². The molecule has 0 amide bonds. The average molecular weight is 1080 g/mol. The summed E-state index contributed by atoms with van der Waals surface area (Å²) in [6.07, 6.45) is 85.0. The van der Waals surface area contributed by atoms with Crippen LogP contribution < -0.4 is 0 Å². The van der Waals surface area contributed by atoms with E-state index in [0.717, 1.165) is 89.9 Å². The molecule has 0 aliphatic rings. The van der Waals surface area contributed by atoms with Crippen LogP contribution in [0.25, 0.3) is 0 Å². The summed E-state index contributed by atoms with van der Waals surface area (Å²) in [7, 11) is 0. The van der Waals surface area contributed by atoms with Crippen LogP contribution in [-0.2, 0) is 28.6 Å². The average Bonchev–Trinajstić information content (AvgIpc) is 3.43. The molecule has 0 aliphatic carbocycles. The molecular formula is C71H126O6. The second-order valence-electron chi connectivity index (χ2n) is 22.4. The Labute approximate surface area is 478 Å². The van der Waals surface area contributed by atoms with Gasteiger partial charge in [0.25, 0.3) is 0 Å². The van der Waals surface area contributed by atoms with Gasteiger partial charge in [-0.2, -0.15) is 0 Å². The minimum absolute atomic E-state index is 0.0888. The number of ether oxygens (including phenoxy) is 3. The van der Waals surface area contributed by atoms with Gasteiger partial charge in [-0.1, -0.05) is 325 Å². The Morgan fingerprint density at radius 2 is 0.506 bits per heavy atom. The monoisotopic (exact) mass is 1070 g/mol. The van der Waals surface area contributed by atoms with Crippen molar-refractivity contribution in [1.82, 2.24) is 0 Å². The Morgan fingerprint density at radius 3 is 0.792 bits per heavy atom. The molecule has 0 heterocycles. The summed E-state index contributed by atoms with van der Waals surface area (Å²) in [4.78, 5) is 38.3. The third kappa shape index (κ3) is 63.6. The van der Waals surface area contributed by atoms with Gasteiger partial charge < -0.3 is 14.2 Å². The van der Waals surface area contributed by atoms with Crippen molar-refractivity contribution in [3.05, 3.63) is 72.9 Å². The minimum Gasteiger partial charge on any atom is -0.462 e. The van der Waals surface area contributed by atoms with E-state index >= 15 is 0 Å². The highest BCUT2D eigenvalue weighted by Gasteiger charge is 2.19. The van der Waals surface area contributed by atoms with Crippen LogP contribution in [-0.4, -0.2) is 37.2 Å². The standard InChI is InChI=1S/C71H126O6/c1-4-7-10-13-16-19-22-25-27-29-31-33-34-35-36-37-39-40-42-44-46-49-52-55-58-61-64-70(73)76-67-68(66-75-69(72)63-60-57-54-51-48-24-21-18-15-12-9-6-3)77-71(74)65-62-59-56-53-50-47-45-43-41-38-32-30-28-26-23-20-17-14-11-8-5-2/h8,11,17,20,26,28,32,38,43,45,50,53,68H,4-7,9-10,12-16,18-19,21-25,27,29-31,33-37,39-42,44,46-49,51-52,54-67H2,1-3H3/b11-8-,20-17-,28-26-,38-32-,45-43-,53-50-. The summed E-state index contributed by atoms with van der Waals surface area (Å²) >= 11 is 0. The third-order valence-corrected chi connectivity index (χ3v) is 14.7. The molecule has 0 N–H and O–H groups in total. The largest absolute Gasteiger partial charge is 0.462 e. The lowest BCUT2D eigenvalue weighted by atomic mass is 10.0. The van der Waals surface area contributed by atoms with Gasteiger partial charge in [0, 0.05) is 19.3 Å². The first-order chi connectivity index (χ1) is 38.0. The molecule has 0 aliphatic heterocycles. The second-order valence-corrected chi connectivity index (χ2v) is 22.4. The zero-order chi connectivity index (χ0) is 55.7. The molecule has 0 aromatic heterocycles. The van der Waals surface area contributed by atoms with Gasteiger partial charge in [-0.05, 0) is 70.6 Å². The molecule has 0 fully saturated rings. The van der Waals surface area contributed by atoms with Crippen molar-refractivity contribution in [2.45, 2.75) is 348 Å². The molecule has 0 bridgehead atoms. The van der Waals surface area contributed by atoms with Crippen LogP contribution in [0, 0.1) is 0 Å². The van der Waals surface area contributed by atoms with Crippen molar-refractivity contribution in [3.63, 3.8) is 0 Å². The van der Waals surface area contributed by atoms with Crippen molar-refractivity contribution in [3.8, 4) is 0 Å². The Balaban J connectivity index is 4.30. The minimum atomic E-state index is -0.797. The molecule has 1 atom stereocenters. The fourth-order valence-corrected chi connectivity index (χ4v) is 9.74. The maximum Gasteiger partial charge on any atom is 0.306 e. The van der Waals surface area contributed by atoms with Crippen molar-refractivity contribution in [2.75, 3.05) is 13.2 Å². The summed E-state index contributed by atoms with van der Waals surface area (Å²) in [5.74, 6) is -0.915. The Bertz CT molecular complexity index is 1420. The number of hydrogen-bond donors (Lipinski definition) is 0. The van der Waals surface area contributed by atoms with Gasteiger partial charge in [-0.3, -0.25) is 14.4 Å². The summed E-state index contributed by atoms with van der Waals surface area (Å²) < 4.78 is 16.9. The van der Waals surface area contributed by atoms with Crippen LogP contribution in [0.1, 0.15) is 342 Å². The summed E-state index contributed by atoms with van der Waals surface area (Å²) in [5.41, 5.74) is 0. The van der Waals surface area contributed by atoms with Crippen LogP contribution >= 0.6 is 0 Å². The Morgan fingerprint density at radius 1 is 0.273 bits per heavy atom. The first kappa shape index (κ1) is 73.8. The van der Waals surface area contributed by atoms with E-state index in [0.29, 0.717) is 19.3 Å². The van der Waals surface area contributed by atoms with Gasteiger partial charge in [0.2, 0.25) is 0 Å². The molecule has 6 nitrogen and oxygen atoms in total. The highest BCUT2D eigenvalue weighted by molar-refractivity contribution is 5.71. The van der Waals surface area contributed by atoms with Gasteiger partial charge >= 0.3 is 17.9 Å². The molecule has 0 rings (SSSR count). The molecule has 6 heteroatoms. The maximum atomic E-state index is 12.9. The van der Waals surface area contributed by atoms with Crippen LogP contribution in [0.5, 0.6) is 0 Å². The van der Waals surface area contributed by atoms with E-state index in [1.165, 1.54) is 205 Å². The topological polar surface area (TPSA) is 78.9 Å². The number of rotatable bonds is 61. The molecule has 77 heavy (non-hydrogen) atoms. The number of hydrogen-bond acceptors (Lipinski definition) is 6. The summed E-state index contributed by atoms with van der Waals surface area (Å²) in [6.45, 7) is 6.54. The number of unbranched alkanes of at least 4 members (excludes halogenated alkanes) is 38. The lowest BCUT2D eigenvalue weighted by molar-refractivity contribution is -0.167. The van der Waals surface area contributed by atoms with Crippen LogP contribution in [0.4, 0.5) is 0 Å². The van der Waals surface area contributed by atoms with Crippen LogP contribution in [0.2, 0.25) is 0 Å². The SMILES string of the molecule is CC/C=C\C/C=C\C/C=C\C/C=C\C/C=C\C/C=C\CCCCC(=O)OC(COC(=O)CCCCCCCCCCCCCC)COC(=O)CCCCCCCCCCCCCCCCCCCCCCCCCCCC. The number of carbonyl (C=O) groups excluding carboxylic acids is 3. The first-order valence-corrected chi connectivity index (χ1v) is 33.4. The molecule has 0 aromatic rings. The second kappa shape index (κ2) is 65.4. The summed E-state index contributed by atoms with van der Waals surface area (Å²) in [5, 5.41) is 0. The first-order valence-electron chi connectivity index (χ1n) is 33.4.